The third kappa shape index (κ3) is 7.06. The molecule has 5 aliphatic rings. The molecule has 1 amide bonds. The van der Waals surface area contributed by atoms with Gasteiger partial charge in [-0.1, -0.05) is 45.9 Å². The Balaban J connectivity index is 1.56. The number of ketones is 1. The molecule has 2 bridgehead atoms. The number of alkyl carbamates (subject to hydrolysis) is 1. The molecule has 2 heterocycles. The van der Waals surface area contributed by atoms with Gasteiger partial charge in [0.05, 0.1) is 35.6 Å². The average Bonchev–Trinajstić information content (AvgIpc) is 3.49. The monoisotopic (exact) mass is 829 g/mol. The van der Waals surface area contributed by atoms with E-state index in [1.807, 2.05) is 0 Å². The minimum atomic E-state index is -2.32. The molecule has 2 unspecified atom stereocenters. The summed E-state index contributed by atoms with van der Waals surface area (Å²) in [5, 5.41) is 38.3. The lowest BCUT2D eigenvalue weighted by Gasteiger charge is -2.67. The van der Waals surface area contributed by atoms with E-state index in [0.29, 0.717) is 0 Å². The number of aliphatic hydroxyl groups excluding tert-OH is 3. The number of benzene rings is 1. The van der Waals surface area contributed by atoms with Crippen LogP contribution in [0.3, 0.4) is 0 Å². The van der Waals surface area contributed by atoms with Crippen molar-refractivity contribution in [1.82, 2.24) is 5.32 Å². The number of rotatable bonds is 9. The molecule has 0 radical (unpaired) electrons. The van der Waals surface area contributed by atoms with E-state index in [9.17, 15) is 39.3 Å². The minimum absolute atomic E-state index is 0.0378. The SMILES string of the molecule is CC(=O)O[C@@]12CO[C@@H]1C[C@H](O)[C@@]1(C)C(=O)[C@H](O)C3=C(C)[C@@H](OC(=O)C(O)C(CC(C)C)NC(=O)OC(C)(C)C)[C@@H]4OC(=O)O[C@]4([C@@H](OC(=O)c4ccccc4)[C@H]21)C3(C)C. The highest BCUT2D eigenvalue weighted by Gasteiger charge is 2.83. The Morgan fingerprint density at radius 2 is 1.66 bits per heavy atom. The lowest BCUT2D eigenvalue weighted by atomic mass is 9.44. The van der Waals surface area contributed by atoms with Crippen LogP contribution >= 0.6 is 0 Å². The lowest BCUT2D eigenvalue weighted by Crippen LogP contribution is -2.83. The Hall–Kier alpha value is -4.58. The van der Waals surface area contributed by atoms with Crippen LogP contribution in [0.2, 0.25) is 0 Å². The fourth-order valence-electron chi connectivity index (χ4n) is 10.1. The predicted octanol–water partition coefficient (Wildman–Crippen LogP) is 3.09. The first-order valence-electron chi connectivity index (χ1n) is 19.8. The third-order valence-corrected chi connectivity index (χ3v) is 12.7. The van der Waals surface area contributed by atoms with Gasteiger partial charge >= 0.3 is 30.2 Å². The van der Waals surface area contributed by atoms with Gasteiger partial charge in [-0.25, -0.2) is 19.2 Å². The van der Waals surface area contributed by atoms with Crippen molar-refractivity contribution in [3.8, 4) is 0 Å². The third-order valence-electron chi connectivity index (χ3n) is 12.7. The number of fused-ring (bicyclic) bond motifs is 4. The van der Waals surface area contributed by atoms with E-state index < -0.39 is 118 Å². The normalized spacial score (nSPS) is 35.5. The zero-order chi connectivity index (χ0) is 43.8. The summed E-state index contributed by atoms with van der Waals surface area (Å²) in [4.78, 5) is 83.1. The largest absolute Gasteiger partial charge is 0.509 e. The molecule has 1 aromatic rings. The van der Waals surface area contributed by atoms with Crippen molar-refractivity contribution < 1.29 is 77.2 Å². The van der Waals surface area contributed by atoms with Crippen molar-refractivity contribution in [2.75, 3.05) is 6.61 Å². The highest BCUT2D eigenvalue weighted by atomic mass is 16.8. The number of carbonyl (C=O) groups excluding carboxylic acids is 6. The number of aliphatic hydroxyl groups is 3. The summed E-state index contributed by atoms with van der Waals surface area (Å²) >= 11 is 0. The standard InChI is InChI=1S/C42H55NO16/c1-19(2)16-23(43-36(51)58-38(5,6)7)27(46)35(50)54-29-20(3)26-28(47)31(48)40(10)24(45)17-25-41(18-53-25,57-21(4)44)30(40)33(55-34(49)22-14-12-11-13-15-22)42(39(26,8)9)32(29)56-37(52)59-42/h11-15,19,23-25,27-30,32-33,45-47H,16-18H2,1-10H3,(H,43,51)/t23?,24-,25+,27?,28+,29+,30-,32-,33-,40+,41-,42+/m0/s1. The minimum Gasteiger partial charge on any atom is -0.454 e. The zero-order valence-corrected chi connectivity index (χ0v) is 34.9. The van der Waals surface area contributed by atoms with E-state index in [1.54, 1.807) is 52.8 Å². The Morgan fingerprint density at radius 3 is 2.22 bits per heavy atom. The molecule has 2 saturated carbocycles. The van der Waals surface area contributed by atoms with Gasteiger partial charge in [0.2, 0.25) is 5.60 Å². The van der Waals surface area contributed by atoms with Crippen LogP contribution in [0.15, 0.2) is 41.5 Å². The second-order valence-electron chi connectivity index (χ2n) is 18.4. The number of nitrogens with one attached hydrogen (secondary N) is 1. The number of ether oxygens (including phenoxy) is 7. The summed E-state index contributed by atoms with van der Waals surface area (Å²) in [6.07, 6.45) is -14.4. The highest BCUT2D eigenvalue weighted by Crippen LogP contribution is 2.66. The Morgan fingerprint density at radius 1 is 1.02 bits per heavy atom. The molecule has 4 fully saturated rings. The molecule has 3 aliphatic carbocycles. The van der Waals surface area contributed by atoms with Gasteiger partial charge in [-0.15, -0.1) is 0 Å². The number of amides is 1. The number of esters is 3. The summed E-state index contributed by atoms with van der Waals surface area (Å²) in [6.45, 7) is 15.2. The molecule has 6 rings (SSSR count). The molecule has 17 nitrogen and oxygen atoms in total. The van der Waals surface area contributed by atoms with Crippen molar-refractivity contribution in [2.24, 2.45) is 22.7 Å². The number of hydrogen-bond donors (Lipinski definition) is 4. The number of hydrogen-bond acceptors (Lipinski definition) is 16. The summed E-state index contributed by atoms with van der Waals surface area (Å²) < 4.78 is 41.9. The van der Waals surface area contributed by atoms with E-state index in [4.69, 9.17) is 33.2 Å². The van der Waals surface area contributed by atoms with Gasteiger partial charge in [0.25, 0.3) is 0 Å². The van der Waals surface area contributed by atoms with Crippen molar-refractivity contribution >= 4 is 35.9 Å². The van der Waals surface area contributed by atoms with Crippen molar-refractivity contribution in [2.45, 2.75) is 148 Å². The molecule has 2 aliphatic heterocycles. The van der Waals surface area contributed by atoms with Crippen LogP contribution in [0.4, 0.5) is 9.59 Å². The first kappa shape index (κ1) is 44.0. The second kappa shape index (κ2) is 15.2. The highest BCUT2D eigenvalue weighted by molar-refractivity contribution is 5.94. The zero-order valence-electron chi connectivity index (χ0n) is 34.9. The molecule has 59 heavy (non-hydrogen) atoms. The molecular formula is C42H55NO16. The van der Waals surface area contributed by atoms with Crippen molar-refractivity contribution in [3.63, 3.8) is 0 Å². The van der Waals surface area contributed by atoms with Gasteiger partial charge in [0.1, 0.15) is 17.8 Å². The number of Topliss-reactive ketones (excluding diaryl/α,β-unsaturated/α-hetero) is 1. The van der Waals surface area contributed by atoms with Crippen molar-refractivity contribution in [3.05, 3.63) is 47.0 Å². The fraction of sp³-hybridized carbons (Fsp3) is 0.667. The van der Waals surface area contributed by atoms with Gasteiger partial charge in [-0.3, -0.25) is 9.59 Å². The molecule has 17 heteroatoms. The molecule has 12 atom stereocenters. The first-order chi connectivity index (χ1) is 27.3. The van der Waals surface area contributed by atoms with Crippen LogP contribution in [0.25, 0.3) is 0 Å². The maximum Gasteiger partial charge on any atom is 0.509 e. The summed E-state index contributed by atoms with van der Waals surface area (Å²) in [6, 6.07) is 6.52. The van der Waals surface area contributed by atoms with Gasteiger partial charge in [0, 0.05) is 18.8 Å². The maximum atomic E-state index is 15.1. The Labute approximate surface area is 342 Å². The van der Waals surface area contributed by atoms with E-state index in [0.717, 1.165) is 6.92 Å². The lowest BCUT2D eigenvalue weighted by molar-refractivity contribution is -0.345. The summed E-state index contributed by atoms with van der Waals surface area (Å²) in [5.74, 6) is -5.75. The molecule has 0 aromatic heterocycles. The maximum absolute atomic E-state index is 15.1. The van der Waals surface area contributed by atoms with Crippen LogP contribution in [-0.2, 0) is 47.5 Å². The molecule has 324 valence electrons. The van der Waals surface area contributed by atoms with Crippen LogP contribution in [0, 0.1) is 22.7 Å². The summed E-state index contributed by atoms with van der Waals surface area (Å²) in [5.41, 5.74) is -8.84. The van der Waals surface area contributed by atoms with Crippen LogP contribution in [0.5, 0.6) is 0 Å². The quantitative estimate of drug-likeness (QED) is 0.159. The van der Waals surface area contributed by atoms with E-state index in [1.165, 1.54) is 39.8 Å². The summed E-state index contributed by atoms with van der Waals surface area (Å²) in [7, 11) is 0. The first-order valence-corrected chi connectivity index (χ1v) is 19.8. The molecular weight excluding hydrogens is 774 g/mol. The van der Waals surface area contributed by atoms with Gasteiger partial charge in [0.15, 0.2) is 35.8 Å². The van der Waals surface area contributed by atoms with E-state index in [-0.39, 0.29) is 42.1 Å². The Bertz CT molecular complexity index is 1920. The number of carbonyl (C=O) groups is 6. The van der Waals surface area contributed by atoms with Gasteiger partial charge in [-0.05, 0) is 70.2 Å². The van der Waals surface area contributed by atoms with E-state index >= 15 is 4.79 Å². The van der Waals surface area contributed by atoms with Crippen molar-refractivity contribution in [1.29, 1.82) is 0 Å². The topological polar surface area (TPSA) is 240 Å². The van der Waals surface area contributed by atoms with E-state index in [2.05, 4.69) is 5.32 Å². The molecule has 1 spiro atoms. The van der Waals surface area contributed by atoms with Crippen LogP contribution < -0.4 is 5.32 Å². The van der Waals surface area contributed by atoms with Crippen LogP contribution in [0.1, 0.15) is 92.4 Å². The molecule has 1 aromatic carbocycles. The van der Waals surface area contributed by atoms with Gasteiger partial charge in [-0.2, -0.15) is 0 Å². The fourth-order valence-corrected chi connectivity index (χ4v) is 10.1. The van der Waals surface area contributed by atoms with Gasteiger partial charge < -0.3 is 53.8 Å². The molecule has 4 N–H and O–H groups in total. The average molecular weight is 830 g/mol. The smallest absolute Gasteiger partial charge is 0.454 e. The van der Waals surface area contributed by atoms with Crippen LogP contribution in [-0.4, -0.2) is 123 Å². The molecule has 2 saturated heterocycles. The Kier molecular flexibility index (Phi) is 11.3. The predicted molar refractivity (Wildman–Crippen MR) is 202 cm³/mol. The second-order valence-corrected chi connectivity index (χ2v) is 18.4.